The fourth-order valence-electron chi connectivity index (χ4n) is 1.05. The average Bonchev–Trinajstić information content (AvgIpc) is 2.15. The highest BCUT2D eigenvalue weighted by molar-refractivity contribution is 6.13. The third-order valence-electron chi connectivity index (χ3n) is 1.70. The second-order valence-corrected chi connectivity index (χ2v) is 4.55. The van der Waals surface area contributed by atoms with Gasteiger partial charge in [-0.1, -0.05) is 0 Å². The number of carbonyl (C=O) groups excluding carboxylic acids is 2. The molecule has 0 bridgehead atoms. The van der Waals surface area contributed by atoms with Gasteiger partial charge in [0.25, 0.3) is 0 Å². The second-order valence-electron chi connectivity index (χ2n) is 4.28. The molecule has 1 N–H and O–H groups in total. The van der Waals surface area contributed by atoms with Crippen LogP contribution in [0, 0.1) is 5.92 Å². The van der Waals surface area contributed by atoms with Crippen molar-refractivity contribution in [1.82, 2.24) is 4.84 Å². The summed E-state index contributed by atoms with van der Waals surface area (Å²) >= 11 is 5.28. The lowest BCUT2D eigenvalue weighted by molar-refractivity contribution is -0.168. The molecule has 0 heterocycles. The number of esters is 2. The number of nitrogens with one attached hydrogen (secondary N) is 1. The quantitative estimate of drug-likeness (QED) is 0.453. The zero-order valence-corrected chi connectivity index (χ0v) is 10.8. The van der Waals surface area contributed by atoms with E-state index in [0.29, 0.717) is 6.54 Å². The smallest absolute Gasteiger partial charge is 0.320 e. The zero-order valence-electron chi connectivity index (χ0n) is 10.0. The van der Waals surface area contributed by atoms with Gasteiger partial charge in [-0.05, 0) is 39.0 Å². The van der Waals surface area contributed by atoms with Crippen molar-refractivity contribution in [1.29, 1.82) is 0 Å². The van der Waals surface area contributed by atoms with Crippen molar-refractivity contribution in [2.75, 3.05) is 13.7 Å². The third kappa shape index (κ3) is 5.92. The van der Waals surface area contributed by atoms with E-state index in [1.165, 1.54) is 7.11 Å². The number of hydrogen-bond donors (Lipinski definition) is 1. The number of halogens is 1. The standard InChI is InChI=1S/C10H18ClNO4/c1-10(2,3)16-9(14)7(5-6-12-11)8(13)15-4/h7,12H,5-6H2,1-4H3. The normalized spacial score (nSPS) is 13.1. The van der Waals surface area contributed by atoms with Crippen molar-refractivity contribution in [3.05, 3.63) is 0 Å². The van der Waals surface area contributed by atoms with Crippen molar-refractivity contribution in [2.45, 2.75) is 32.8 Å². The van der Waals surface area contributed by atoms with Crippen molar-refractivity contribution in [3.8, 4) is 0 Å². The molecule has 0 aliphatic heterocycles. The van der Waals surface area contributed by atoms with Gasteiger partial charge in [0.05, 0.1) is 7.11 Å². The molecular weight excluding hydrogens is 234 g/mol. The van der Waals surface area contributed by atoms with Crippen LogP contribution in [0.3, 0.4) is 0 Å². The number of rotatable bonds is 5. The predicted molar refractivity (Wildman–Crippen MR) is 59.8 cm³/mol. The maximum Gasteiger partial charge on any atom is 0.320 e. The van der Waals surface area contributed by atoms with Crippen molar-refractivity contribution >= 4 is 23.7 Å². The molecule has 0 radical (unpaired) electrons. The molecule has 0 aliphatic carbocycles. The SMILES string of the molecule is COC(=O)C(CCNCl)C(=O)OC(C)(C)C. The second kappa shape index (κ2) is 6.70. The Labute approximate surface area is 101 Å². The molecule has 0 saturated heterocycles. The Balaban J connectivity index is 4.50. The van der Waals surface area contributed by atoms with Crippen molar-refractivity contribution in [3.63, 3.8) is 0 Å². The Hall–Kier alpha value is -0.810. The van der Waals surface area contributed by atoms with E-state index < -0.39 is 23.5 Å². The van der Waals surface area contributed by atoms with E-state index in [0.717, 1.165) is 0 Å². The van der Waals surface area contributed by atoms with Gasteiger partial charge >= 0.3 is 11.9 Å². The molecule has 0 aromatic heterocycles. The summed E-state index contributed by atoms with van der Waals surface area (Å²) in [6.45, 7) is 5.53. The predicted octanol–water partition coefficient (Wildman–Crippen LogP) is 1.25. The Kier molecular flexibility index (Phi) is 6.36. The van der Waals surface area contributed by atoms with E-state index in [1.54, 1.807) is 20.8 Å². The van der Waals surface area contributed by atoms with Crippen LogP contribution in [-0.4, -0.2) is 31.2 Å². The first-order valence-electron chi connectivity index (χ1n) is 4.96. The average molecular weight is 252 g/mol. The summed E-state index contributed by atoms with van der Waals surface area (Å²) in [6.07, 6.45) is 0.241. The lowest BCUT2D eigenvalue weighted by Gasteiger charge is -2.22. The van der Waals surface area contributed by atoms with Gasteiger partial charge in [-0.3, -0.25) is 9.59 Å². The van der Waals surface area contributed by atoms with Crippen LogP contribution >= 0.6 is 11.8 Å². The molecule has 0 saturated carbocycles. The van der Waals surface area contributed by atoms with E-state index in [4.69, 9.17) is 16.5 Å². The van der Waals surface area contributed by atoms with Crippen LogP contribution in [0.15, 0.2) is 0 Å². The minimum atomic E-state index is -0.935. The zero-order chi connectivity index (χ0) is 12.8. The minimum Gasteiger partial charge on any atom is -0.468 e. The Morgan fingerprint density at radius 3 is 2.25 bits per heavy atom. The Morgan fingerprint density at radius 2 is 1.88 bits per heavy atom. The fourth-order valence-corrected chi connectivity index (χ4v) is 1.16. The molecule has 16 heavy (non-hydrogen) atoms. The highest BCUT2D eigenvalue weighted by atomic mass is 35.5. The number of carbonyl (C=O) groups is 2. The van der Waals surface area contributed by atoms with E-state index >= 15 is 0 Å². The molecular formula is C10H18ClNO4. The largest absolute Gasteiger partial charge is 0.468 e. The molecule has 0 aromatic carbocycles. The molecule has 6 heteroatoms. The van der Waals surface area contributed by atoms with Gasteiger partial charge in [0.15, 0.2) is 5.92 Å². The van der Waals surface area contributed by atoms with E-state index in [9.17, 15) is 9.59 Å². The highest BCUT2D eigenvalue weighted by Crippen LogP contribution is 2.14. The number of hydrogen-bond acceptors (Lipinski definition) is 5. The molecule has 0 fully saturated rings. The van der Waals surface area contributed by atoms with Gasteiger partial charge in [-0.2, -0.15) is 0 Å². The highest BCUT2D eigenvalue weighted by Gasteiger charge is 2.31. The first-order chi connectivity index (χ1) is 7.31. The minimum absolute atomic E-state index is 0.241. The van der Waals surface area contributed by atoms with Gasteiger partial charge in [0.2, 0.25) is 0 Å². The van der Waals surface area contributed by atoms with Gasteiger partial charge in [-0.25, -0.2) is 4.84 Å². The van der Waals surface area contributed by atoms with Crippen LogP contribution in [0.25, 0.3) is 0 Å². The topological polar surface area (TPSA) is 64.6 Å². The van der Waals surface area contributed by atoms with Crippen molar-refractivity contribution < 1.29 is 19.1 Å². The third-order valence-corrected chi connectivity index (χ3v) is 1.89. The van der Waals surface area contributed by atoms with E-state index in [2.05, 4.69) is 9.57 Å². The van der Waals surface area contributed by atoms with Crippen LogP contribution in [-0.2, 0) is 19.1 Å². The summed E-state index contributed by atoms with van der Waals surface area (Å²) in [6, 6.07) is 0. The van der Waals surface area contributed by atoms with Crippen molar-refractivity contribution in [2.24, 2.45) is 5.92 Å². The van der Waals surface area contributed by atoms with Crippen LogP contribution in [0.5, 0.6) is 0 Å². The fraction of sp³-hybridized carbons (Fsp3) is 0.800. The lowest BCUT2D eigenvalue weighted by Crippen LogP contribution is -2.34. The molecule has 0 rings (SSSR count). The number of ether oxygens (including phenoxy) is 2. The van der Waals surface area contributed by atoms with Gasteiger partial charge < -0.3 is 9.47 Å². The van der Waals surface area contributed by atoms with E-state index in [1.807, 2.05) is 0 Å². The summed E-state index contributed by atoms with van der Waals surface area (Å²) in [4.78, 5) is 25.4. The summed E-state index contributed by atoms with van der Waals surface area (Å²) in [5, 5.41) is 0. The monoisotopic (exact) mass is 251 g/mol. The van der Waals surface area contributed by atoms with Crippen LogP contribution in [0.4, 0.5) is 0 Å². The number of methoxy groups -OCH3 is 1. The van der Waals surface area contributed by atoms with Gasteiger partial charge in [-0.15, -0.1) is 0 Å². The first kappa shape index (κ1) is 15.2. The molecule has 5 nitrogen and oxygen atoms in total. The maximum atomic E-state index is 11.7. The van der Waals surface area contributed by atoms with E-state index in [-0.39, 0.29) is 6.42 Å². The van der Waals surface area contributed by atoms with Crippen LogP contribution < -0.4 is 4.84 Å². The molecule has 1 unspecified atom stereocenters. The molecule has 0 amide bonds. The lowest BCUT2D eigenvalue weighted by atomic mass is 10.1. The summed E-state index contributed by atoms with van der Waals surface area (Å²) in [7, 11) is 1.23. The molecule has 0 aliphatic rings. The molecule has 94 valence electrons. The summed E-state index contributed by atoms with van der Waals surface area (Å²) in [5.41, 5.74) is -0.627. The molecule has 0 aromatic rings. The first-order valence-corrected chi connectivity index (χ1v) is 5.33. The summed E-state index contributed by atoms with van der Waals surface area (Å²) < 4.78 is 9.64. The van der Waals surface area contributed by atoms with Crippen LogP contribution in [0.2, 0.25) is 0 Å². The Morgan fingerprint density at radius 1 is 1.31 bits per heavy atom. The van der Waals surface area contributed by atoms with Gasteiger partial charge in [0, 0.05) is 6.54 Å². The van der Waals surface area contributed by atoms with Crippen LogP contribution in [0.1, 0.15) is 27.2 Å². The van der Waals surface area contributed by atoms with Gasteiger partial charge in [0.1, 0.15) is 5.60 Å². The maximum absolute atomic E-state index is 11.7. The summed E-state index contributed by atoms with van der Waals surface area (Å²) in [5.74, 6) is -2.14. The molecule has 1 atom stereocenters. The Bertz CT molecular complexity index is 250. The molecule has 0 spiro atoms.